The Kier molecular flexibility index (Phi) is 4.51. The summed E-state index contributed by atoms with van der Waals surface area (Å²) in [6.07, 6.45) is 6.74. The molecule has 2 nitrogen and oxygen atoms in total. The maximum absolute atomic E-state index is 5.94. The molecule has 0 saturated heterocycles. The Hall–Kier alpha value is -0.930. The van der Waals surface area contributed by atoms with Gasteiger partial charge in [-0.2, -0.15) is 0 Å². The molecule has 0 aromatic heterocycles. The van der Waals surface area contributed by atoms with Crippen molar-refractivity contribution in [2.24, 2.45) is 5.73 Å². The second kappa shape index (κ2) is 6.12. The molecule has 0 heterocycles. The average Bonchev–Trinajstić information content (AvgIpc) is 2.38. The van der Waals surface area contributed by atoms with Crippen molar-refractivity contribution < 1.29 is 4.74 Å². The molecule has 0 radical (unpaired) electrons. The van der Waals surface area contributed by atoms with Crippen molar-refractivity contribution in [2.75, 3.05) is 0 Å². The van der Waals surface area contributed by atoms with Gasteiger partial charge >= 0.3 is 0 Å². The molecule has 1 aromatic carbocycles. The number of rotatable bonds is 4. The molecule has 1 fully saturated rings. The van der Waals surface area contributed by atoms with Gasteiger partial charge in [-0.15, -0.1) is 0 Å². The quantitative estimate of drug-likeness (QED) is 0.832. The topological polar surface area (TPSA) is 35.2 Å². The zero-order valence-corrected chi connectivity index (χ0v) is 10.8. The zero-order chi connectivity index (χ0) is 12.1. The average molecular weight is 249 g/mol. The van der Waals surface area contributed by atoms with Crippen molar-refractivity contribution in [1.29, 1.82) is 0 Å². The lowest BCUT2D eigenvalue weighted by molar-refractivity contribution is 0.0168. The lowest BCUT2D eigenvalue weighted by Gasteiger charge is -2.22. The van der Waals surface area contributed by atoms with Gasteiger partial charge in [0.2, 0.25) is 0 Å². The van der Waals surface area contributed by atoms with Gasteiger partial charge in [0.1, 0.15) is 4.99 Å². The van der Waals surface area contributed by atoms with Crippen LogP contribution in [0.1, 0.15) is 43.2 Å². The van der Waals surface area contributed by atoms with Gasteiger partial charge in [0.25, 0.3) is 0 Å². The number of hydrogen-bond acceptors (Lipinski definition) is 2. The lowest BCUT2D eigenvalue weighted by atomic mass is 9.98. The minimum absolute atomic E-state index is 0.420. The van der Waals surface area contributed by atoms with Crippen LogP contribution in [0.25, 0.3) is 0 Å². The summed E-state index contributed by atoms with van der Waals surface area (Å²) < 4.78 is 5.94. The minimum Gasteiger partial charge on any atom is -0.389 e. The predicted molar refractivity (Wildman–Crippen MR) is 74.0 cm³/mol. The second-order valence-electron chi connectivity index (χ2n) is 4.59. The molecular weight excluding hydrogens is 230 g/mol. The molecular formula is C14H19NOS. The molecule has 2 rings (SSSR count). The molecule has 0 amide bonds. The number of thiocarbonyl (C=S) groups is 1. The summed E-state index contributed by atoms with van der Waals surface area (Å²) in [4.78, 5) is 0.452. The van der Waals surface area contributed by atoms with Crippen molar-refractivity contribution in [3.8, 4) is 0 Å². The number of ether oxygens (including phenoxy) is 1. The highest BCUT2D eigenvalue weighted by Crippen LogP contribution is 2.22. The van der Waals surface area contributed by atoms with Crippen molar-refractivity contribution in [2.45, 2.75) is 44.8 Å². The molecule has 0 bridgehead atoms. The fourth-order valence-electron chi connectivity index (χ4n) is 2.33. The molecule has 1 saturated carbocycles. The molecule has 17 heavy (non-hydrogen) atoms. The first kappa shape index (κ1) is 12.5. The Morgan fingerprint density at radius 3 is 2.65 bits per heavy atom. The third-order valence-electron chi connectivity index (χ3n) is 3.31. The van der Waals surface area contributed by atoms with E-state index in [9.17, 15) is 0 Å². The summed E-state index contributed by atoms with van der Waals surface area (Å²) in [6.45, 7) is 0.623. The van der Waals surface area contributed by atoms with E-state index in [-0.39, 0.29) is 0 Å². The van der Waals surface area contributed by atoms with E-state index in [1.807, 2.05) is 24.3 Å². The second-order valence-corrected chi connectivity index (χ2v) is 5.03. The number of nitrogens with two attached hydrogens (primary N) is 1. The van der Waals surface area contributed by atoms with E-state index in [2.05, 4.69) is 0 Å². The first-order valence-corrected chi connectivity index (χ1v) is 6.67. The monoisotopic (exact) mass is 249 g/mol. The molecule has 0 unspecified atom stereocenters. The predicted octanol–water partition coefficient (Wildman–Crippen LogP) is 3.17. The summed E-state index contributed by atoms with van der Waals surface area (Å²) >= 11 is 5.04. The molecule has 2 N–H and O–H groups in total. The van der Waals surface area contributed by atoms with Crippen molar-refractivity contribution in [3.05, 3.63) is 35.4 Å². The van der Waals surface area contributed by atoms with Gasteiger partial charge in [-0.1, -0.05) is 55.7 Å². The molecule has 0 spiro atoms. The van der Waals surface area contributed by atoms with Gasteiger partial charge < -0.3 is 10.5 Å². The van der Waals surface area contributed by atoms with Crippen LogP contribution in [0.15, 0.2) is 24.3 Å². The van der Waals surface area contributed by atoms with E-state index < -0.39 is 0 Å². The first-order chi connectivity index (χ1) is 8.27. The van der Waals surface area contributed by atoms with Crippen LogP contribution in [-0.4, -0.2) is 11.1 Å². The fourth-order valence-corrected chi connectivity index (χ4v) is 2.53. The SMILES string of the molecule is NC(=S)c1ccccc1COC1CCCCC1. The van der Waals surface area contributed by atoms with Crippen LogP contribution in [0.3, 0.4) is 0 Å². The van der Waals surface area contributed by atoms with Gasteiger partial charge in [0, 0.05) is 5.56 Å². The summed E-state index contributed by atoms with van der Waals surface area (Å²) in [6, 6.07) is 7.96. The minimum atomic E-state index is 0.420. The molecule has 92 valence electrons. The van der Waals surface area contributed by atoms with Crippen molar-refractivity contribution in [3.63, 3.8) is 0 Å². The van der Waals surface area contributed by atoms with Crippen LogP contribution in [0, 0.1) is 0 Å². The van der Waals surface area contributed by atoms with Gasteiger partial charge in [0.15, 0.2) is 0 Å². The van der Waals surface area contributed by atoms with Gasteiger partial charge in [-0.3, -0.25) is 0 Å². The summed E-state index contributed by atoms with van der Waals surface area (Å²) in [5, 5.41) is 0. The summed E-state index contributed by atoms with van der Waals surface area (Å²) in [5.41, 5.74) is 7.74. The smallest absolute Gasteiger partial charge is 0.104 e. The Balaban J connectivity index is 1.96. The summed E-state index contributed by atoms with van der Waals surface area (Å²) in [7, 11) is 0. The van der Waals surface area contributed by atoms with Crippen LogP contribution < -0.4 is 5.73 Å². The Morgan fingerprint density at radius 2 is 1.94 bits per heavy atom. The Labute approximate surface area is 108 Å². The van der Waals surface area contributed by atoms with Gasteiger partial charge in [-0.05, 0) is 18.4 Å². The van der Waals surface area contributed by atoms with E-state index in [1.165, 1.54) is 32.1 Å². The molecule has 1 aliphatic carbocycles. The molecule has 3 heteroatoms. The third kappa shape index (κ3) is 3.51. The van der Waals surface area contributed by atoms with Crippen molar-refractivity contribution in [1.82, 2.24) is 0 Å². The number of benzene rings is 1. The van der Waals surface area contributed by atoms with Crippen LogP contribution in [-0.2, 0) is 11.3 Å². The zero-order valence-electron chi connectivity index (χ0n) is 10.0. The largest absolute Gasteiger partial charge is 0.389 e. The number of hydrogen-bond donors (Lipinski definition) is 1. The lowest BCUT2D eigenvalue weighted by Crippen LogP contribution is -2.18. The van der Waals surface area contributed by atoms with E-state index in [1.54, 1.807) is 0 Å². The van der Waals surface area contributed by atoms with E-state index in [0.29, 0.717) is 17.7 Å². The molecule has 0 aliphatic heterocycles. The molecule has 0 atom stereocenters. The maximum Gasteiger partial charge on any atom is 0.104 e. The molecule has 1 aromatic rings. The van der Waals surface area contributed by atoms with Crippen LogP contribution >= 0.6 is 12.2 Å². The normalized spacial score (nSPS) is 16.9. The van der Waals surface area contributed by atoms with Crippen molar-refractivity contribution >= 4 is 17.2 Å². The first-order valence-electron chi connectivity index (χ1n) is 6.26. The Morgan fingerprint density at radius 1 is 1.24 bits per heavy atom. The fraction of sp³-hybridized carbons (Fsp3) is 0.500. The van der Waals surface area contributed by atoms with E-state index in [0.717, 1.165) is 11.1 Å². The Bertz CT molecular complexity index is 386. The van der Waals surface area contributed by atoms with Gasteiger partial charge in [-0.25, -0.2) is 0 Å². The standard InChI is InChI=1S/C14H19NOS/c15-14(17)13-9-5-4-6-11(13)10-16-12-7-2-1-3-8-12/h4-6,9,12H,1-3,7-8,10H2,(H2,15,17). The highest BCUT2D eigenvalue weighted by Gasteiger charge is 2.14. The van der Waals surface area contributed by atoms with Crippen LogP contribution in [0.2, 0.25) is 0 Å². The highest BCUT2D eigenvalue weighted by atomic mass is 32.1. The molecule has 1 aliphatic rings. The van der Waals surface area contributed by atoms with Gasteiger partial charge in [0.05, 0.1) is 12.7 Å². The summed E-state index contributed by atoms with van der Waals surface area (Å²) in [5.74, 6) is 0. The van der Waals surface area contributed by atoms with E-state index >= 15 is 0 Å². The van der Waals surface area contributed by atoms with E-state index in [4.69, 9.17) is 22.7 Å². The third-order valence-corrected chi connectivity index (χ3v) is 3.53. The van der Waals surface area contributed by atoms with Crippen LogP contribution in [0.4, 0.5) is 0 Å². The van der Waals surface area contributed by atoms with Crippen LogP contribution in [0.5, 0.6) is 0 Å². The highest BCUT2D eigenvalue weighted by molar-refractivity contribution is 7.80. The maximum atomic E-state index is 5.94.